The summed E-state index contributed by atoms with van der Waals surface area (Å²) in [5.41, 5.74) is 0.270. The fourth-order valence-electron chi connectivity index (χ4n) is 2.64. The second-order valence-corrected chi connectivity index (χ2v) is 6.52. The van der Waals surface area contributed by atoms with Crippen LogP contribution in [0.15, 0.2) is 0 Å². The highest BCUT2D eigenvalue weighted by atomic mass is 127. The lowest BCUT2D eigenvalue weighted by atomic mass is 9.71. The summed E-state index contributed by atoms with van der Waals surface area (Å²) in [6.07, 6.45) is 2.63. The summed E-state index contributed by atoms with van der Waals surface area (Å²) in [7, 11) is 0. The molecule has 2 unspecified atom stereocenters. The highest BCUT2D eigenvalue weighted by molar-refractivity contribution is 14.1. The summed E-state index contributed by atoms with van der Waals surface area (Å²) in [5, 5.41) is 0. The Hall–Kier alpha value is 0. The van der Waals surface area contributed by atoms with Crippen molar-refractivity contribution in [2.75, 3.05) is 11.0 Å². The van der Waals surface area contributed by atoms with Crippen molar-refractivity contribution in [3.8, 4) is 0 Å². The Balaban J connectivity index is 2.39. The van der Waals surface area contributed by atoms with Crippen molar-refractivity contribution in [2.24, 2.45) is 11.3 Å². The van der Waals surface area contributed by atoms with Crippen LogP contribution in [0.1, 0.15) is 40.0 Å². The maximum atomic E-state index is 11.3. The molecule has 0 aromatic rings. The van der Waals surface area contributed by atoms with Crippen LogP contribution in [0, 0.1) is 11.3 Å². The molecule has 1 aliphatic rings. The van der Waals surface area contributed by atoms with Gasteiger partial charge in [-0.3, -0.25) is 0 Å². The van der Waals surface area contributed by atoms with Gasteiger partial charge >= 0.3 is 6.16 Å². The van der Waals surface area contributed by atoms with Gasteiger partial charge in [0.2, 0.25) is 0 Å². The highest BCUT2D eigenvalue weighted by Gasteiger charge is 2.34. The molecule has 16 heavy (non-hydrogen) atoms. The monoisotopic (exact) mass is 340 g/mol. The minimum atomic E-state index is -0.508. The number of ether oxygens (including phenoxy) is 2. The molecule has 0 radical (unpaired) electrons. The summed E-state index contributed by atoms with van der Waals surface area (Å²) < 4.78 is 11.1. The molecule has 0 spiro atoms. The Morgan fingerprint density at radius 1 is 1.44 bits per heavy atom. The lowest BCUT2D eigenvalue weighted by molar-refractivity contribution is -0.0182. The predicted octanol–water partition coefficient (Wildman–Crippen LogP) is 3.79. The molecule has 3 nitrogen and oxygen atoms in total. The number of carbonyl (C=O) groups excluding carboxylic acids is 1. The van der Waals surface area contributed by atoms with Gasteiger partial charge < -0.3 is 9.47 Å². The smallest absolute Gasteiger partial charge is 0.433 e. The third kappa shape index (κ3) is 4.89. The molecule has 4 heteroatoms. The first-order valence-electron chi connectivity index (χ1n) is 5.82. The quantitative estimate of drug-likeness (QED) is 0.445. The fourth-order valence-corrected chi connectivity index (χ4v) is 2.86. The molecule has 2 atom stereocenters. The number of hydrogen-bond acceptors (Lipinski definition) is 3. The van der Waals surface area contributed by atoms with E-state index < -0.39 is 6.16 Å². The minimum Gasteiger partial charge on any atom is -0.433 e. The SMILES string of the molecule is CC1CC(OC(=O)OCCI)CC(C)(C)C1. The number of rotatable bonds is 3. The zero-order chi connectivity index (χ0) is 12.2. The van der Waals surface area contributed by atoms with Gasteiger partial charge in [-0.05, 0) is 30.6 Å². The van der Waals surface area contributed by atoms with E-state index in [-0.39, 0.29) is 11.5 Å². The maximum absolute atomic E-state index is 11.3. The van der Waals surface area contributed by atoms with Crippen molar-refractivity contribution in [3.05, 3.63) is 0 Å². The van der Waals surface area contributed by atoms with Crippen LogP contribution >= 0.6 is 22.6 Å². The zero-order valence-electron chi connectivity index (χ0n) is 10.3. The Morgan fingerprint density at radius 2 is 2.12 bits per heavy atom. The van der Waals surface area contributed by atoms with Gasteiger partial charge in [0.05, 0.1) is 0 Å². The first-order valence-corrected chi connectivity index (χ1v) is 7.35. The van der Waals surface area contributed by atoms with Crippen molar-refractivity contribution in [1.82, 2.24) is 0 Å². The third-order valence-corrected chi connectivity index (χ3v) is 3.35. The van der Waals surface area contributed by atoms with Gasteiger partial charge in [0, 0.05) is 4.43 Å². The zero-order valence-corrected chi connectivity index (χ0v) is 12.5. The first kappa shape index (κ1) is 14.1. The molecular weight excluding hydrogens is 319 g/mol. The third-order valence-electron chi connectivity index (χ3n) is 2.91. The van der Waals surface area contributed by atoms with E-state index in [0.717, 1.165) is 17.3 Å². The van der Waals surface area contributed by atoms with Crippen LogP contribution < -0.4 is 0 Å². The highest BCUT2D eigenvalue weighted by Crippen LogP contribution is 2.39. The van der Waals surface area contributed by atoms with E-state index in [1.165, 1.54) is 6.42 Å². The van der Waals surface area contributed by atoms with Crippen LogP contribution in [-0.4, -0.2) is 23.3 Å². The van der Waals surface area contributed by atoms with Crippen molar-refractivity contribution in [2.45, 2.75) is 46.1 Å². The molecule has 1 aliphatic carbocycles. The molecule has 94 valence electrons. The number of hydrogen-bond donors (Lipinski definition) is 0. The first-order chi connectivity index (χ1) is 7.43. The molecule has 0 aromatic heterocycles. The lowest BCUT2D eigenvalue weighted by Crippen LogP contribution is -2.34. The van der Waals surface area contributed by atoms with E-state index in [0.29, 0.717) is 12.5 Å². The van der Waals surface area contributed by atoms with Crippen molar-refractivity contribution < 1.29 is 14.3 Å². The summed E-state index contributed by atoms with van der Waals surface area (Å²) in [6, 6.07) is 0. The molecule has 1 saturated carbocycles. The van der Waals surface area contributed by atoms with Crippen LogP contribution in [0.3, 0.4) is 0 Å². The predicted molar refractivity (Wildman–Crippen MR) is 71.9 cm³/mol. The normalized spacial score (nSPS) is 28.5. The van der Waals surface area contributed by atoms with Crippen LogP contribution in [-0.2, 0) is 9.47 Å². The van der Waals surface area contributed by atoms with Gasteiger partial charge in [0.25, 0.3) is 0 Å². The standard InChI is InChI=1S/C12H21IO3/c1-9-6-10(8-12(2,3)7-9)16-11(14)15-5-4-13/h9-10H,4-8H2,1-3H3. The summed E-state index contributed by atoms with van der Waals surface area (Å²) in [5.74, 6) is 0.617. The Kier molecular flexibility index (Phi) is 5.34. The molecular formula is C12H21IO3. The Labute approximate surface area is 111 Å². The van der Waals surface area contributed by atoms with Gasteiger partial charge in [-0.25, -0.2) is 4.79 Å². The van der Waals surface area contributed by atoms with Gasteiger partial charge in [-0.1, -0.05) is 43.4 Å². The molecule has 0 saturated heterocycles. The Bertz CT molecular complexity index is 240. The van der Waals surface area contributed by atoms with Crippen LogP contribution in [0.4, 0.5) is 4.79 Å². The van der Waals surface area contributed by atoms with E-state index in [2.05, 4.69) is 43.4 Å². The maximum Gasteiger partial charge on any atom is 0.508 e. The summed E-state index contributed by atoms with van der Waals surface area (Å²) in [4.78, 5) is 11.3. The van der Waals surface area contributed by atoms with E-state index in [4.69, 9.17) is 9.47 Å². The van der Waals surface area contributed by atoms with E-state index in [9.17, 15) is 4.79 Å². The molecule has 0 aliphatic heterocycles. The molecule has 1 fully saturated rings. The van der Waals surface area contributed by atoms with Gasteiger partial charge in [-0.2, -0.15) is 0 Å². The molecule has 0 bridgehead atoms. The van der Waals surface area contributed by atoms with Crippen LogP contribution in [0.2, 0.25) is 0 Å². The van der Waals surface area contributed by atoms with Crippen molar-refractivity contribution in [1.29, 1.82) is 0 Å². The molecule has 1 rings (SSSR count). The van der Waals surface area contributed by atoms with Crippen molar-refractivity contribution >= 4 is 28.7 Å². The topological polar surface area (TPSA) is 35.5 Å². The van der Waals surface area contributed by atoms with Gasteiger partial charge in [-0.15, -0.1) is 0 Å². The van der Waals surface area contributed by atoms with Gasteiger partial charge in [0.15, 0.2) is 0 Å². The summed E-state index contributed by atoms with van der Waals surface area (Å²) >= 11 is 2.17. The van der Waals surface area contributed by atoms with E-state index in [1.54, 1.807) is 0 Å². The average molecular weight is 340 g/mol. The van der Waals surface area contributed by atoms with E-state index in [1.807, 2.05) is 0 Å². The Morgan fingerprint density at radius 3 is 2.69 bits per heavy atom. The van der Waals surface area contributed by atoms with Crippen molar-refractivity contribution in [3.63, 3.8) is 0 Å². The molecule has 0 N–H and O–H groups in total. The van der Waals surface area contributed by atoms with Crippen LogP contribution in [0.5, 0.6) is 0 Å². The second-order valence-electron chi connectivity index (χ2n) is 5.44. The number of alkyl halides is 1. The largest absolute Gasteiger partial charge is 0.508 e. The van der Waals surface area contributed by atoms with Crippen LogP contribution in [0.25, 0.3) is 0 Å². The van der Waals surface area contributed by atoms with E-state index >= 15 is 0 Å². The second kappa shape index (κ2) is 6.07. The molecule has 0 aromatic carbocycles. The van der Waals surface area contributed by atoms with Gasteiger partial charge in [0.1, 0.15) is 12.7 Å². The minimum absolute atomic E-state index is 0.0282. The lowest BCUT2D eigenvalue weighted by Gasteiger charge is -2.38. The molecule has 0 amide bonds. The number of carbonyl (C=O) groups is 1. The average Bonchev–Trinajstić information content (AvgIpc) is 2.11. The molecule has 0 heterocycles. The summed E-state index contributed by atoms with van der Waals surface area (Å²) in [6.45, 7) is 7.11. The fraction of sp³-hybridized carbons (Fsp3) is 0.917. The number of halogens is 1.